The number of likely N-dealkylation sites (tertiary alicyclic amines) is 1. The molecule has 1 unspecified atom stereocenters. The Morgan fingerprint density at radius 2 is 1.78 bits per heavy atom. The molecule has 2 amide bonds. The summed E-state index contributed by atoms with van der Waals surface area (Å²) in [4.78, 5) is 26.3. The first-order valence-electron chi connectivity index (χ1n) is 9.51. The number of hydrogen-bond acceptors (Lipinski definition) is 2. The normalized spacial score (nSPS) is 16.6. The number of carbonyl (C=O) groups excluding carboxylic acids is 2. The highest BCUT2D eigenvalue weighted by Crippen LogP contribution is 2.22. The molecule has 0 saturated carbocycles. The van der Waals surface area contributed by atoms with Crippen LogP contribution in [0.2, 0.25) is 0 Å². The van der Waals surface area contributed by atoms with Crippen molar-refractivity contribution in [1.82, 2.24) is 4.90 Å². The van der Waals surface area contributed by atoms with E-state index in [1.54, 1.807) is 0 Å². The van der Waals surface area contributed by atoms with Gasteiger partial charge < -0.3 is 10.2 Å². The minimum absolute atomic E-state index is 0.179. The number of rotatable bonds is 6. The number of nitrogens with zero attached hydrogens (tertiary/aromatic N) is 1. The van der Waals surface area contributed by atoms with Crippen molar-refractivity contribution in [1.29, 1.82) is 0 Å². The lowest BCUT2D eigenvalue weighted by molar-refractivity contribution is -0.134. The summed E-state index contributed by atoms with van der Waals surface area (Å²) in [5.74, 6) is -0.0607. The molecule has 2 aromatic rings. The van der Waals surface area contributed by atoms with Gasteiger partial charge in [-0.2, -0.15) is 0 Å². The monoisotopic (exact) mass is 362 g/mol. The first-order chi connectivity index (χ1) is 13.2. The van der Waals surface area contributed by atoms with E-state index in [9.17, 15) is 9.59 Å². The van der Waals surface area contributed by atoms with Gasteiger partial charge in [0.15, 0.2) is 0 Å². The molecule has 3 rings (SSSR count). The third-order valence-electron chi connectivity index (χ3n) is 5.02. The molecule has 1 saturated heterocycles. The molecule has 1 aliphatic rings. The van der Waals surface area contributed by atoms with Crippen LogP contribution in [-0.4, -0.2) is 29.3 Å². The second-order valence-electron chi connectivity index (χ2n) is 6.99. The quantitative estimate of drug-likeness (QED) is 0.790. The molecule has 1 aliphatic heterocycles. The number of amides is 2. The highest BCUT2D eigenvalue weighted by Gasteiger charge is 2.26. The fourth-order valence-electron chi connectivity index (χ4n) is 3.60. The third-order valence-corrected chi connectivity index (χ3v) is 5.02. The summed E-state index contributed by atoms with van der Waals surface area (Å²) >= 11 is 0. The molecule has 27 heavy (non-hydrogen) atoms. The van der Waals surface area contributed by atoms with E-state index >= 15 is 0 Å². The minimum Gasteiger partial charge on any atom is -0.339 e. The SMILES string of the molecule is C=CC(=O)Nc1ccc(CC(=O)N2CCCCC2Cc2ccccc2)cc1. The van der Waals surface area contributed by atoms with Crippen LogP contribution in [0.4, 0.5) is 5.69 Å². The Kier molecular flexibility index (Phi) is 6.42. The second kappa shape index (κ2) is 9.17. The van der Waals surface area contributed by atoms with E-state index in [1.165, 1.54) is 18.1 Å². The molecule has 1 fully saturated rings. The van der Waals surface area contributed by atoms with Crippen LogP contribution < -0.4 is 5.32 Å². The first-order valence-corrected chi connectivity index (χ1v) is 9.51. The minimum atomic E-state index is -0.240. The van der Waals surface area contributed by atoms with Crippen LogP contribution >= 0.6 is 0 Å². The Hall–Kier alpha value is -2.88. The number of benzene rings is 2. The van der Waals surface area contributed by atoms with Crippen LogP contribution in [0, 0.1) is 0 Å². The number of anilines is 1. The lowest BCUT2D eigenvalue weighted by Crippen LogP contribution is -2.45. The lowest BCUT2D eigenvalue weighted by Gasteiger charge is -2.36. The van der Waals surface area contributed by atoms with Crippen LogP contribution in [0.3, 0.4) is 0 Å². The van der Waals surface area contributed by atoms with Crippen LogP contribution in [0.15, 0.2) is 67.3 Å². The summed E-state index contributed by atoms with van der Waals surface area (Å²) in [6, 6.07) is 18.1. The van der Waals surface area contributed by atoms with Gasteiger partial charge in [0, 0.05) is 18.3 Å². The zero-order valence-corrected chi connectivity index (χ0v) is 15.6. The van der Waals surface area contributed by atoms with Crippen LogP contribution in [0.5, 0.6) is 0 Å². The van der Waals surface area contributed by atoms with Gasteiger partial charge in [-0.25, -0.2) is 0 Å². The summed E-state index contributed by atoms with van der Waals surface area (Å²) in [6.45, 7) is 4.28. The maximum absolute atomic E-state index is 12.9. The Bertz CT molecular complexity index is 784. The predicted molar refractivity (Wildman–Crippen MR) is 108 cm³/mol. The van der Waals surface area contributed by atoms with Gasteiger partial charge in [0.05, 0.1) is 6.42 Å². The molecule has 4 nitrogen and oxygen atoms in total. The van der Waals surface area contributed by atoms with Gasteiger partial charge in [-0.05, 0) is 55.0 Å². The van der Waals surface area contributed by atoms with Crippen molar-refractivity contribution in [2.45, 2.75) is 38.1 Å². The van der Waals surface area contributed by atoms with E-state index in [4.69, 9.17) is 0 Å². The van der Waals surface area contributed by atoms with Gasteiger partial charge in [-0.15, -0.1) is 0 Å². The number of hydrogen-bond donors (Lipinski definition) is 1. The van der Waals surface area contributed by atoms with Crippen molar-refractivity contribution in [2.75, 3.05) is 11.9 Å². The summed E-state index contributed by atoms with van der Waals surface area (Å²) in [5, 5.41) is 2.72. The lowest BCUT2D eigenvalue weighted by atomic mass is 9.95. The maximum Gasteiger partial charge on any atom is 0.247 e. The standard InChI is InChI=1S/C23H26N2O2/c1-2-22(26)24-20-13-11-19(12-14-20)17-23(27)25-15-7-6-10-21(25)16-18-8-4-3-5-9-18/h2-5,8-9,11-14,21H,1,6-7,10,15-17H2,(H,24,26). The summed E-state index contributed by atoms with van der Waals surface area (Å²) in [6.07, 6.45) is 5.86. The Labute approximate surface area is 160 Å². The van der Waals surface area contributed by atoms with E-state index in [1.807, 2.05) is 30.3 Å². The fourth-order valence-corrected chi connectivity index (χ4v) is 3.60. The molecule has 0 aromatic heterocycles. The van der Waals surface area contributed by atoms with Crippen LogP contribution in [0.25, 0.3) is 0 Å². The van der Waals surface area contributed by atoms with E-state index in [0.717, 1.165) is 31.4 Å². The van der Waals surface area contributed by atoms with Gasteiger partial charge in [0.1, 0.15) is 0 Å². The molecule has 2 aromatic carbocycles. The Morgan fingerprint density at radius 3 is 2.48 bits per heavy atom. The van der Waals surface area contributed by atoms with Gasteiger partial charge in [-0.3, -0.25) is 9.59 Å². The van der Waals surface area contributed by atoms with E-state index in [0.29, 0.717) is 12.1 Å². The van der Waals surface area contributed by atoms with Crippen LogP contribution in [-0.2, 0) is 22.4 Å². The molecule has 4 heteroatoms. The summed E-state index contributed by atoms with van der Waals surface area (Å²) < 4.78 is 0. The summed E-state index contributed by atoms with van der Waals surface area (Å²) in [5.41, 5.74) is 2.95. The first kappa shape index (κ1) is 18.9. The van der Waals surface area contributed by atoms with Gasteiger partial charge in [0.25, 0.3) is 0 Å². The number of piperidine rings is 1. The van der Waals surface area contributed by atoms with Crippen molar-refractivity contribution in [3.8, 4) is 0 Å². The van der Waals surface area contributed by atoms with Crippen LogP contribution in [0.1, 0.15) is 30.4 Å². The van der Waals surface area contributed by atoms with Gasteiger partial charge >= 0.3 is 0 Å². The smallest absolute Gasteiger partial charge is 0.247 e. The van der Waals surface area contributed by atoms with Crippen molar-refractivity contribution < 1.29 is 9.59 Å². The molecule has 1 atom stereocenters. The van der Waals surface area contributed by atoms with E-state index in [2.05, 4.69) is 41.1 Å². The van der Waals surface area contributed by atoms with Crippen molar-refractivity contribution in [3.63, 3.8) is 0 Å². The molecule has 1 heterocycles. The highest BCUT2D eigenvalue weighted by molar-refractivity contribution is 5.98. The number of nitrogens with one attached hydrogen (secondary N) is 1. The molecule has 0 spiro atoms. The molecular weight excluding hydrogens is 336 g/mol. The van der Waals surface area contributed by atoms with Crippen molar-refractivity contribution >= 4 is 17.5 Å². The average molecular weight is 362 g/mol. The maximum atomic E-state index is 12.9. The van der Waals surface area contributed by atoms with Gasteiger partial charge in [0.2, 0.25) is 11.8 Å². The molecular formula is C23H26N2O2. The van der Waals surface area contributed by atoms with Crippen molar-refractivity contribution in [2.24, 2.45) is 0 Å². The zero-order valence-electron chi connectivity index (χ0n) is 15.6. The molecule has 0 radical (unpaired) electrons. The highest BCUT2D eigenvalue weighted by atomic mass is 16.2. The Balaban J connectivity index is 1.62. The van der Waals surface area contributed by atoms with E-state index in [-0.39, 0.29) is 17.9 Å². The average Bonchev–Trinajstić information content (AvgIpc) is 2.70. The predicted octanol–water partition coefficient (Wildman–Crippen LogP) is 3.98. The Morgan fingerprint density at radius 1 is 1.04 bits per heavy atom. The molecule has 0 bridgehead atoms. The topological polar surface area (TPSA) is 49.4 Å². The fraction of sp³-hybridized carbons (Fsp3) is 0.304. The molecule has 1 N–H and O–H groups in total. The largest absolute Gasteiger partial charge is 0.339 e. The molecule has 140 valence electrons. The van der Waals surface area contributed by atoms with E-state index < -0.39 is 0 Å². The van der Waals surface area contributed by atoms with Crippen molar-refractivity contribution in [3.05, 3.63) is 78.4 Å². The molecule has 0 aliphatic carbocycles. The van der Waals surface area contributed by atoms with Gasteiger partial charge in [-0.1, -0.05) is 49.0 Å². The number of carbonyl (C=O) groups is 2. The second-order valence-corrected chi connectivity index (χ2v) is 6.99. The summed E-state index contributed by atoms with van der Waals surface area (Å²) in [7, 11) is 0. The third kappa shape index (κ3) is 5.30. The zero-order chi connectivity index (χ0) is 19.1.